The Kier molecular flexibility index (Phi) is 9.49. The van der Waals surface area contributed by atoms with Crippen LogP contribution >= 0.6 is 0 Å². The van der Waals surface area contributed by atoms with Gasteiger partial charge in [-0.2, -0.15) is 0 Å². The first kappa shape index (κ1) is 17.9. The summed E-state index contributed by atoms with van der Waals surface area (Å²) in [6.45, 7) is 8.93. The van der Waals surface area contributed by atoms with Crippen molar-refractivity contribution >= 4 is 0 Å². The molecular formula is C17H36N2O. The molecule has 0 heterocycles. The predicted octanol–water partition coefficient (Wildman–Crippen LogP) is 3.15. The average molecular weight is 284 g/mol. The van der Waals surface area contributed by atoms with Crippen molar-refractivity contribution in [3.63, 3.8) is 0 Å². The van der Waals surface area contributed by atoms with E-state index >= 15 is 0 Å². The third kappa shape index (κ3) is 6.55. The monoisotopic (exact) mass is 284 g/mol. The van der Waals surface area contributed by atoms with Gasteiger partial charge in [-0.15, -0.1) is 0 Å². The van der Waals surface area contributed by atoms with Gasteiger partial charge in [-0.3, -0.25) is 0 Å². The second-order valence-electron chi connectivity index (χ2n) is 6.50. The summed E-state index contributed by atoms with van der Waals surface area (Å²) in [6.07, 6.45) is 8.12. The van der Waals surface area contributed by atoms with Crippen LogP contribution in [0.25, 0.3) is 0 Å². The molecule has 1 aliphatic rings. The van der Waals surface area contributed by atoms with Gasteiger partial charge >= 0.3 is 0 Å². The van der Waals surface area contributed by atoms with Gasteiger partial charge in [-0.1, -0.05) is 26.7 Å². The van der Waals surface area contributed by atoms with Crippen molar-refractivity contribution in [1.29, 1.82) is 0 Å². The molecule has 0 saturated heterocycles. The first-order valence-corrected chi connectivity index (χ1v) is 8.62. The SMILES string of the molecule is CCCC1CCC(NCC)C(CN(C)CCCOC)C1. The van der Waals surface area contributed by atoms with Gasteiger partial charge in [0.2, 0.25) is 0 Å². The first-order valence-electron chi connectivity index (χ1n) is 8.62. The molecule has 1 saturated carbocycles. The quantitative estimate of drug-likeness (QED) is 0.624. The van der Waals surface area contributed by atoms with Crippen LogP contribution < -0.4 is 5.32 Å². The number of rotatable bonds is 10. The molecule has 1 rings (SSSR count). The molecule has 0 amide bonds. The highest BCUT2D eigenvalue weighted by atomic mass is 16.5. The Morgan fingerprint density at radius 1 is 1.25 bits per heavy atom. The van der Waals surface area contributed by atoms with Gasteiger partial charge in [0.05, 0.1) is 0 Å². The minimum absolute atomic E-state index is 0.734. The van der Waals surface area contributed by atoms with E-state index in [1.807, 2.05) is 0 Å². The number of nitrogens with one attached hydrogen (secondary N) is 1. The molecular weight excluding hydrogens is 248 g/mol. The molecule has 3 atom stereocenters. The van der Waals surface area contributed by atoms with Crippen LogP contribution in [0.2, 0.25) is 0 Å². The molecule has 3 heteroatoms. The van der Waals surface area contributed by atoms with Gasteiger partial charge < -0.3 is 15.0 Å². The van der Waals surface area contributed by atoms with E-state index in [4.69, 9.17) is 4.74 Å². The van der Waals surface area contributed by atoms with Crippen molar-refractivity contribution in [1.82, 2.24) is 10.2 Å². The molecule has 120 valence electrons. The Morgan fingerprint density at radius 3 is 2.70 bits per heavy atom. The Balaban J connectivity index is 2.41. The summed E-state index contributed by atoms with van der Waals surface area (Å²) in [4.78, 5) is 2.50. The van der Waals surface area contributed by atoms with Gasteiger partial charge in [0.25, 0.3) is 0 Å². The molecule has 0 aromatic carbocycles. The van der Waals surface area contributed by atoms with Crippen LogP contribution in [0.4, 0.5) is 0 Å². The number of nitrogens with zero attached hydrogens (tertiary/aromatic N) is 1. The van der Waals surface area contributed by atoms with Crippen LogP contribution in [-0.2, 0) is 4.74 Å². The summed E-state index contributed by atoms with van der Waals surface area (Å²) >= 11 is 0. The highest BCUT2D eigenvalue weighted by molar-refractivity contribution is 4.86. The van der Waals surface area contributed by atoms with E-state index in [9.17, 15) is 0 Å². The minimum atomic E-state index is 0.734. The fraction of sp³-hybridized carbons (Fsp3) is 1.00. The zero-order valence-electron chi connectivity index (χ0n) is 14.2. The highest BCUT2D eigenvalue weighted by Gasteiger charge is 2.30. The Bertz CT molecular complexity index is 235. The second-order valence-corrected chi connectivity index (χ2v) is 6.50. The van der Waals surface area contributed by atoms with E-state index in [0.717, 1.165) is 44.0 Å². The number of hydrogen-bond donors (Lipinski definition) is 1. The van der Waals surface area contributed by atoms with Crippen molar-refractivity contribution in [3.05, 3.63) is 0 Å². The van der Waals surface area contributed by atoms with Crippen molar-refractivity contribution in [2.45, 2.75) is 58.4 Å². The summed E-state index contributed by atoms with van der Waals surface area (Å²) in [7, 11) is 4.06. The molecule has 0 aliphatic heterocycles. The largest absolute Gasteiger partial charge is 0.385 e. The first-order chi connectivity index (χ1) is 9.71. The van der Waals surface area contributed by atoms with E-state index < -0.39 is 0 Å². The Hall–Kier alpha value is -0.120. The third-order valence-corrected chi connectivity index (χ3v) is 4.69. The van der Waals surface area contributed by atoms with Crippen molar-refractivity contribution in [2.24, 2.45) is 11.8 Å². The summed E-state index contributed by atoms with van der Waals surface area (Å²) in [5.74, 6) is 1.79. The fourth-order valence-corrected chi connectivity index (χ4v) is 3.73. The average Bonchev–Trinajstić information content (AvgIpc) is 2.42. The molecule has 0 bridgehead atoms. The lowest BCUT2D eigenvalue weighted by Crippen LogP contribution is -2.45. The molecule has 0 spiro atoms. The summed E-state index contributed by atoms with van der Waals surface area (Å²) < 4.78 is 5.15. The molecule has 1 fully saturated rings. The van der Waals surface area contributed by atoms with E-state index in [0.29, 0.717) is 0 Å². The topological polar surface area (TPSA) is 24.5 Å². The molecule has 20 heavy (non-hydrogen) atoms. The van der Waals surface area contributed by atoms with E-state index in [1.54, 1.807) is 7.11 Å². The Morgan fingerprint density at radius 2 is 2.05 bits per heavy atom. The van der Waals surface area contributed by atoms with E-state index in [-0.39, 0.29) is 0 Å². The fourth-order valence-electron chi connectivity index (χ4n) is 3.73. The molecule has 3 unspecified atom stereocenters. The lowest BCUT2D eigenvalue weighted by Gasteiger charge is -2.38. The lowest BCUT2D eigenvalue weighted by molar-refractivity contribution is 0.137. The van der Waals surface area contributed by atoms with Crippen LogP contribution in [0.15, 0.2) is 0 Å². The van der Waals surface area contributed by atoms with Gasteiger partial charge in [-0.25, -0.2) is 0 Å². The second kappa shape index (κ2) is 10.6. The van der Waals surface area contributed by atoms with E-state index in [2.05, 4.69) is 31.1 Å². The zero-order chi connectivity index (χ0) is 14.8. The van der Waals surface area contributed by atoms with Gasteiger partial charge in [0.15, 0.2) is 0 Å². The van der Waals surface area contributed by atoms with Crippen molar-refractivity contribution in [3.8, 4) is 0 Å². The van der Waals surface area contributed by atoms with Gasteiger partial charge in [0, 0.05) is 32.8 Å². The van der Waals surface area contributed by atoms with Crippen molar-refractivity contribution in [2.75, 3.05) is 40.4 Å². The van der Waals surface area contributed by atoms with Crippen LogP contribution in [0, 0.1) is 11.8 Å². The molecule has 3 nitrogen and oxygen atoms in total. The predicted molar refractivity (Wildman–Crippen MR) is 87.2 cm³/mol. The Labute approximate surface area is 126 Å². The van der Waals surface area contributed by atoms with E-state index in [1.165, 1.54) is 38.6 Å². The molecule has 0 aromatic rings. The number of hydrogen-bond acceptors (Lipinski definition) is 3. The highest BCUT2D eigenvalue weighted by Crippen LogP contribution is 2.32. The molecule has 1 N–H and O–H groups in total. The van der Waals surface area contributed by atoms with Gasteiger partial charge in [0.1, 0.15) is 0 Å². The van der Waals surface area contributed by atoms with Crippen LogP contribution in [0.1, 0.15) is 52.4 Å². The maximum Gasteiger partial charge on any atom is 0.0474 e. The number of methoxy groups -OCH3 is 1. The third-order valence-electron chi connectivity index (χ3n) is 4.69. The van der Waals surface area contributed by atoms with Crippen LogP contribution in [-0.4, -0.2) is 51.3 Å². The zero-order valence-corrected chi connectivity index (χ0v) is 14.2. The maximum absolute atomic E-state index is 5.15. The standard InChI is InChI=1S/C17H36N2O/c1-5-8-15-9-10-17(18-6-2)16(13-15)14-19(3)11-7-12-20-4/h15-18H,5-14H2,1-4H3. The van der Waals surface area contributed by atoms with Crippen LogP contribution in [0.5, 0.6) is 0 Å². The lowest BCUT2D eigenvalue weighted by atomic mass is 9.76. The summed E-state index contributed by atoms with van der Waals surface area (Å²) in [5, 5.41) is 3.72. The molecule has 1 aliphatic carbocycles. The maximum atomic E-state index is 5.15. The summed E-state index contributed by atoms with van der Waals surface area (Å²) in [5.41, 5.74) is 0. The minimum Gasteiger partial charge on any atom is -0.385 e. The normalized spacial score (nSPS) is 27.1. The molecule has 0 radical (unpaired) electrons. The molecule has 0 aromatic heterocycles. The number of ether oxygens (including phenoxy) is 1. The smallest absolute Gasteiger partial charge is 0.0474 e. The van der Waals surface area contributed by atoms with Crippen LogP contribution in [0.3, 0.4) is 0 Å². The van der Waals surface area contributed by atoms with Gasteiger partial charge in [-0.05, 0) is 51.1 Å². The summed E-state index contributed by atoms with van der Waals surface area (Å²) in [6, 6.07) is 0.734. The van der Waals surface area contributed by atoms with Crippen molar-refractivity contribution < 1.29 is 4.74 Å².